The molecule has 6 heteroatoms. The topological polar surface area (TPSA) is 76.1 Å². The van der Waals surface area contributed by atoms with Crippen LogP contribution < -0.4 is 4.74 Å². The summed E-state index contributed by atoms with van der Waals surface area (Å²) in [7, 11) is 1.58. The highest BCUT2D eigenvalue weighted by Crippen LogP contribution is 2.28. The van der Waals surface area contributed by atoms with Crippen LogP contribution in [0.15, 0.2) is 24.3 Å². The molecule has 2 rings (SSSR count). The van der Waals surface area contributed by atoms with Gasteiger partial charge in [0.15, 0.2) is 5.78 Å². The van der Waals surface area contributed by atoms with Gasteiger partial charge >= 0.3 is 6.09 Å². The Hall–Kier alpha value is -2.08. The molecule has 1 fully saturated rings. The zero-order chi connectivity index (χ0) is 19.4. The van der Waals surface area contributed by atoms with E-state index < -0.39 is 11.2 Å². The van der Waals surface area contributed by atoms with Crippen molar-refractivity contribution in [2.24, 2.45) is 0 Å². The number of amides is 1. The number of carbonyl (C=O) groups excluding carboxylic acids is 2. The van der Waals surface area contributed by atoms with E-state index in [0.717, 1.165) is 0 Å². The van der Waals surface area contributed by atoms with E-state index >= 15 is 0 Å². The van der Waals surface area contributed by atoms with E-state index in [4.69, 9.17) is 9.47 Å². The maximum atomic E-state index is 12.3. The summed E-state index contributed by atoms with van der Waals surface area (Å²) in [6.07, 6.45) is 1.20. The van der Waals surface area contributed by atoms with E-state index in [-0.39, 0.29) is 18.3 Å². The van der Waals surface area contributed by atoms with E-state index in [1.165, 1.54) is 0 Å². The number of rotatable bonds is 5. The fourth-order valence-corrected chi connectivity index (χ4v) is 2.95. The van der Waals surface area contributed by atoms with Crippen LogP contribution in [0.5, 0.6) is 5.75 Å². The van der Waals surface area contributed by atoms with E-state index in [0.29, 0.717) is 43.7 Å². The first-order chi connectivity index (χ1) is 12.1. The van der Waals surface area contributed by atoms with E-state index in [1.807, 2.05) is 20.8 Å². The number of hydrogen-bond donors (Lipinski definition) is 1. The van der Waals surface area contributed by atoms with Crippen LogP contribution in [-0.4, -0.2) is 53.3 Å². The number of likely N-dealkylation sites (tertiary alicyclic amines) is 1. The number of ether oxygens (including phenoxy) is 2. The predicted octanol–water partition coefficient (Wildman–Crippen LogP) is 3.42. The molecular weight excluding hydrogens is 334 g/mol. The molecule has 0 aromatic heterocycles. The predicted molar refractivity (Wildman–Crippen MR) is 98.5 cm³/mol. The second kappa shape index (κ2) is 8.08. The molecule has 0 atom stereocenters. The highest BCUT2D eigenvalue weighted by molar-refractivity contribution is 5.96. The van der Waals surface area contributed by atoms with Gasteiger partial charge in [-0.25, -0.2) is 4.79 Å². The molecule has 0 unspecified atom stereocenters. The fraction of sp³-hybridized carbons (Fsp3) is 0.600. The van der Waals surface area contributed by atoms with Crippen LogP contribution in [0.4, 0.5) is 4.79 Å². The molecule has 0 saturated carbocycles. The van der Waals surface area contributed by atoms with Gasteiger partial charge in [0, 0.05) is 25.1 Å². The smallest absolute Gasteiger partial charge is 0.410 e. The Morgan fingerprint density at radius 2 is 1.73 bits per heavy atom. The van der Waals surface area contributed by atoms with Gasteiger partial charge in [-0.15, -0.1) is 0 Å². The van der Waals surface area contributed by atoms with Crippen LogP contribution >= 0.6 is 0 Å². The Balaban J connectivity index is 1.83. The first-order valence-electron chi connectivity index (χ1n) is 8.99. The van der Waals surface area contributed by atoms with Crippen molar-refractivity contribution in [3.63, 3.8) is 0 Å². The molecule has 26 heavy (non-hydrogen) atoms. The molecule has 0 bridgehead atoms. The van der Waals surface area contributed by atoms with Crippen LogP contribution in [-0.2, 0) is 4.74 Å². The molecule has 6 nitrogen and oxygen atoms in total. The lowest BCUT2D eigenvalue weighted by Gasteiger charge is -2.38. The van der Waals surface area contributed by atoms with Gasteiger partial charge < -0.3 is 19.5 Å². The Labute approximate surface area is 155 Å². The number of hydrogen-bond acceptors (Lipinski definition) is 5. The third kappa shape index (κ3) is 5.73. The summed E-state index contributed by atoms with van der Waals surface area (Å²) in [5.41, 5.74) is -0.836. The number of Topliss-reactive ketones (excluding diaryl/α,β-unsaturated/α-hetero) is 1. The highest BCUT2D eigenvalue weighted by atomic mass is 16.6. The number of carbonyl (C=O) groups is 2. The third-order valence-electron chi connectivity index (χ3n) is 4.58. The molecule has 1 N–H and O–H groups in total. The molecular formula is C20H29NO5. The minimum atomic E-state index is -0.916. The van der Waals surface area contributed by atoms with Crippen molar-refractivity contribution >= 4 is 11.9 Å². The lowest BCUT2D eigenvalue weighted by Crippen LogP contribution is -2.48. The van der Waals surface area contributed by atoms with Crippen molar-refractivity contribution < 1.29 is 24.2 Å². The summed E-state index contributed by atoms with van der Waals surface area (Å²) in [6, 6.07) is 6.97. The van der Waals surface area contributed by atoms with Gasteiger partial charge in [-0.05, 0) is 64.3 Å². The lowest BCUT2D eigenvalue weighted by molar-refractivity contribution is -0.0367. The van der Waals surface area contributed by atoms with Crippen molar-refractivity contribution in [1.82, 2.24) is 4.90 Å². The van der Waals surface area contributed by atoms with Crippen LogP contribution in [0.1, 0.15) is 56.8 Å². The van der Waals surface area contributed by atoms with Gasteiger partial charge in [-0.1, -0.05) is 0 Å². The molecule has 0 spiro atoms. The molecule has 1 aliphatic heterocycles. The maximum absolute atomic E-state index is 12.3. The SMILES string of the molecule is COc1ccc(C(=O)CCC2(O)CCN(C(=O)OC(C)(C)C)CC2)cc1. The van der Waals surface area contributed by atoms with Crippen molar-refractivity contribution in [3.05, 3.63) is 29.8 Å². The van der Waals surface area contributed by atoms with Gasteiger partial charge in [0.2, 0.25) is 0 Å². The number of ketones is 1. The van der Waals surface area contributed by atoms with E-state index in [1.54, 1.807) is 36.3 Å². The molecule has 1 aromatic carbocycles. The summed E-state index contributed by atoms with van der Waals surface area (Å²) in [5.74, 6) is 0.699. The average Bonchev–Trinajstić information content (AvgIpc) is 2.59. The molecule has 1 aromatic rings. The molecule has 1 aliphatic rings. The van der Waals surface area contributed by atoms with Crippen molar-refractivity contribution in [2.45, 2.75) is 57.7 Å². The minimum absolute atomic E-state index is 0.00403. The summed E-state index contributed by atoms with van der Waals surface area (Å²) in [6.45, 7) is 6.35. The van der Waals surface area contributed by atoms with E-state index in [2.05, 4.69) is 0 Å². The number of methoxy groups -OCH3 is 1. The van der Waals surface area contributed by atoms with Crippen molar-refractivity contribution in [3.8, 4) is 5.75 Å². The highest BCUT2D eigenvalue weighted by Gasteiger charge is 2.35. The zero-order valence-electron chi connectivity index (χ0n) is 16.1. The molecule has 144 valence electrons. The number of benzene rings is 1. The molecule has 0 radical (unpaired) electrons. The Bertz CT molecular complexity index is 625. The average molecular weight is 363 g/mol. The normalized spacial score (nSPS) is 16.9. The molecule has 1 heterocycles. The quantitative estimate of drug-likeness (QED) is 0.811. The Morgan fingerprint density at radius 1 is 1.15 bits per heavy atom. The second-order valence-corrected chi connectivity index (χ2v) is 7.84. The summed E-state index contributed by atoms with van der Waals surface area (Å²) in [5, 5.41) is 10.7. The summed E-state index contributed by atoms with van der Waals surface area (Å²) < 4.78 is 10.4. The summed E-state index contributed by atoms with van der Waals surface area (Å²) in [4.78, 5) is 26.0. The first-order valence-corrected chi connectivity index (χ1v) is 8.99. The lowest BCUT2D eigenvalue weighted by atomic mass is 9.86. The standard InChI is InChI=1S/C20H29NO5/c1-19(2,3)26-18(23)21-13-11-20(24,12-14-21)10-9-17(22)15-5-7-16(25-4)8-6-15/h5-8,24H,9-14H2,1-4H3. The van der Waals surface area contributed by atoms with Gasteiger partial charge in [-0.2, -0.15) is 0 Å². The van der Waals surface area contributed by atoms with Crippen molar-refractivity contribution in [2.75, 3.05) is 20.2 Å². The first kappa shape index (κ1) is 20.2. The van der Waals surface area contributed by atoms with Crippen LogP contribution in [0.3, 0.4) is 0 Å². The molecule has 1 amide bonds. The number of aliphatic hydroxyl groups is 1. The van der Waals surface area contributed by atoms with Gasteiger partial charge in [-0.3, -0.25) is 4.79 Å². The second-order valence-electron chi connectivity index (χ2n) is 7.84. The Morgan fingerprint density at radius 3 is 2.23 bits per heavy atom. The van der Waals surface area contributed by atoms with E-state index in [9.17, 15) is 14.7 Å². The van der Waals surface area contributed by atoms with Gasteiger partial charge in [0.05, 0.1) is 12.7 Å². The number of nitrogens with zero attached hydrogens (tertiary/aromatic N) is 1. The molecule has 1 saturated heterocycles. The monoisotopic (exact) mass is 363 g/mol. The molecule has 0 aliphatic carbocycles. The Kier molecular flexibility index (Phi) is 6.29. The van der Waals surface area contributed by atoms with Crippen LogP contribution in [0.2, 0.25) is 0 Å². The van der Waals surface area contributed by atoms with Crippen LogP contribution in [0.25, 0.3) is 0 Å². The minimum Gasteiger partial charge on any atom is -0.497 e. The van der Waals surface area contributed by atoms with Gasteiger partial charge in [0.25, 0.3) is 0 Å². The fourth-order valence-electron chi connectivity index (χ4n) is 2.95. The van der Waals surface area contributed by atoms with Gasteiger partial charge in [0.1, 0.15) is 11.4 Å². The van der Waals surface area contributed by atoms with Crippen molar-refractivity contribution in [1.29, 1.82) is 0 Å². The largest absolute Gasteiger partial charge is 0.497 e. The zero-order valence-corrected chi connectivity index (χ0v) is 16.1. The number of piperidine rings is 1. The summed E-state index contributed by atoms with van der Waals surface area (Å²) >= 11 is 0. The maximum Gasteiger partial charge on any atom is 0.410 e. The van der Waals surface area contributed by atoms with Crippen LogP contribution in [0, 0.1) is 0 Å². The third-order valence-corrected chi connectivity index (χ3v) is 4.58.